The van der Waals surface area contributed by atoms with Gasteiger partial charge in [-0.15, -0.1) is 0 Å². The third kappa shape index (κ3) is 4.60. The van der Waals surface area contributed by atoms with E-state index < -0.39 is 10.0 Å². The van der Waals surface area contributed by atoms with Crippen molar-refractivity contribution in [2.45, 2.75) is 18.0 Å². The van der Waals surface area contributed by atoms with Crippen molar-refractivity contribution in [3.63, 3.8) is 0 Å². The van der Waals surface area contributed by atoms with E-state index in [0.29, 0.717) is 13.1 Å². The van der Waals surface area contributed by atoms with Gasteiger partial charge < -0.3 is 5.32 Å². The molecule has 3 aromatic rings. The Morgan fingerprint density at radius 1 is 1.07 bits per heavy atom. The van der Waals surface area contributed by atoms with E-state index in [0.717, 1.165) is 11.1 Å². The van der Waals surface area contributed by atoms with Gasteiger partial charge in [-0.2, -0.15) is 5.10 Å². The minimum Gasteiger partial charge on any atom is -0.348 e. The van der Waals surface area contributed by atoms with E-state index in [2.05, 4.69) is 15.1 Å². The second-order valence-corrected chi connectivity index (χ2v) is 7.78. The van der Waals surface area contributed by atoms with E-state index in [4.69, 9.17) is 0 Å². The number of hydrogen-bond acceptors (Lipinski definition) is 4. The molecule has 1 aromatic heterocycles. The molecule has 1 amide bonds. The lowest BCUT2D eigenvalue weighted by Gasteiger charge is -2.11. The quantitative estimate of drug-likeness (QED) is 0.649. The third-order valence-electron chi connectivity index (χ3n) is 4.12. The first-order valence-corrected chi connectivity index (χ1v) is 9.84. The number of nitrogens with zero attached hydrogens (tertiary/aromatic N) is 2. The Hall–Kier alpha value is -2.97. The summed E-state index contributed by atoms with van der Waals surface area (Å²) in [6.07, 6.45) is 3.60. The molecule has 2 N–H and O–H groups in total. The highest BCUT2D eigenvalue weighted by Crippen LogP contribution is 2.13. The smallest absolute Gasteiger partial charge is 0.251 e. The minimum atomic E-state index is -3.60. The molecule has 27 heavy (non-hydrogen) atoms. The maximum absolute atomic E-state index is 12.5. The predicted octanol–water partition coefficient (Wildman–Crippen LogP) is 1.77. The topological polar surface area (TPSA) is 93.1 Å². The fourth-order valence-electron chi connectivity index (χ4n) is 2.65. The van der Waals surface area contributed by atoms with Crippen molar-refractivity contribution in [1.29, 1.82) is 0 Å². The molecule has 0 radical (unpaired) electrons. The molecule has 7 nitrogen and oxygen atoms in total. The molecule has 0 atom stereocenters. The molecule has 8 heteroatoms. The summed E-state index contributed by atoms with van der Waals surface area (Å²) >= 11 is 0. The summed E-state index contributed by atoms with van der Waals surface area (Å²) in [5.41, 5.74) is 2.31. The summed E-state index contributed by atoms with van der Waals surface area (Å²) in [6.45, 7) is 0.939. The van der Waals surface area contributed by atoms with Crippen LogP contribution >= 0.6 is 0 Å². The maximum atomic E-state index is 12.5. The van der Waals surface area contributed by atoms with Crippen LogP contribution in [0.4, 0.5) is 0 Å². The molecule has 0 saturated heterocycles. The normalized spacial score (nSPS) is 11.3. The van der Waals surface area contributed by atoms with Crippen molar-refractivity contribution in [3.05, 3.63) is 83.7 Å². The highest BCUT2D eigenvalue weighted by Gasteiger charge is 2.14. The molecule has 140 valence electrons. The van der Waals surface area contributed by atoms with Crippen molar-refractivity contribution in [2.75, 3.05) is 7.05 Å². The molecule has 0 unspecified atom stereocenters. The van der Waals surface area contributed by atoms with Crippen LogP contribution in [0.5, 0.6) is 0 Å². The van der Waals surface area contributed by atoms with Crippen LogP contribution in [0.3, 0.4) is 0 Å². The molecule has 0 aliphatic heterocycles. The Kier molecular flexibility index (Phi) is 5.68. The van der Waals surface area contributed by atoms with Gasteiger partial charge in [0.25, 0.3) is 5.91 Å². The molecule has 0 fully saturated rings. The van der Waals surface area contributed by atoms with Gasteiger partial charge in [-0.3, -0.25) is 9.48 Å². The van der Waals surface area contributed by atoms with Gasteiger partial charge in [-0.05, 0) is 42.4 Å². The zero-order chi connectivity index (χ0) is 19.3. The second kappa shape index (κ2) is 8.15. The third-order valence-corrected chi connectivity index (χ3v) is 5.54. The van der Waals surface area contributed by atoms with Gasteiger partial charge in [0, 0.05) is 24.5 Å². The average Bonchev–Trinajstić information content (AvgIpc) is 3.20. The number of carbonyl (C=O) groups excluding carboxylic acids is 1. The van der Waals surface area contributed by atoms with Gasteiger partial charge >= 0.3 is 0 Å². The minimum absolute atomic E-state index is 0.0525. The average molecular weight is 384 g/mol. The SMILES string of the molecule is CNS(=O)(=O)c1cccc(C(=O)NCc2ccccc2Cn2cccn2)c1. The van der Waals surface area contributed by atoms with E-state index in [1.54, 1.807) is 18.3 Å². The van der Waals surface area contributed by atoms with Gasteiger partial charge in [-0.25, -0.2) is 13.1 Å². The Bertz CT molecular complexity index is 1030. The Balaban J connectivity index is 1.72. The first-order chi connectivity index (χ1) is 13.0. The van der Waals surface area contributed by atoms with Crippen LogP contribution in [0.15, 0.2) is 71.9 Å². The van der Waals surface area contributed by atoms with Gasteiger partial charge in [0.05, 0.1) is 11.4 Å². The van der Waals surface area contributed by atoms with Crippen LogP contribution in [0.1, 0.15) is 21.5 Å². The van der Waals surface area contributed by atoms with Crippen LogP contribution in [0.25, 0.3) is 0 Å². The lowest BCUT2D eigenvalue weighted by atomic mass is 10.1. The summed E-state index contributed by atoms with van der Waals surface area (Å²) in [7, 11) is -2.26. The number of sulfonamides is 1. The van der Waals surface area contributed by atoms with E-state index >= 15 is 0 Å². The van der Waals surface area contributed by atoms with Gasteiger partial charge in [0.1, 0.15) is 0 Å². The summed E-state index contributed by atoms with van der Waals surface area (Å²) in [4.78, 5) is 12.5. The number of aromatic nitrogens is 2. The zero-order valence-electron chi connectivity index (χ0n) is 14.8. The fourth-order valence-corrected chi connectivity index (χ4v) is 3.43. The molecular formula is C19H20N4O3S. The van der Waals surface area contributed by atoms with Crippen molar-refractivity contribution >= 4 is 15.9 Å². The van der Waals surface area contributed by atoms with Gasteiger partial charge in [-0.1, -0.05) is 30.3 Å². The summed E-state index contributed by atoms with van der Waals surface area (Å²) in [5.74, 6) is -0.336. The number of hydrogen-bond donors (Lipinski definition) is 2. The van der Waals surface area contributed by atoms with Gasteiger partial charge in [0.2, 0.25) is 10.0 Å². The van der Waals surface area contributed by atoms with E-state index in [9.17, 15) is 13.2 Å². The molecule has 0 saturated carbocycles. The first kappa shape index (κ1) is 18.8. The van der Waals surface area contributed by atoms with E-state index in [1.807, 2.05) is 41.2 Å². The highest BCUT2D eigenvalue weighted by atomic mass is 32.2. The fraction of sp³-hybridized carbons (Fsp3) is 0.158. The van der Waals surface area contributed by atoms with Crippen LogP contribution in [0, 0.1) is 0 Å². The van der Waals surface area contributed by atoms with E-state index in [-0.39, 0.29) is 16.4 Å². The summed E-state index contributed by atoms with van der Waals surface area (Å²) < 4.78 is 27.9. The molecule has 0 spiro atoms. The Morgan fingerprint density at radius 2 is 1.85 bits per heavy atom. The van der Waals surface area contributed by atoms with Crippen LogP contribution in [-0.2, 0) is 23.1 Å². The van der Waals surface area contributed by atoms with Crippen molar-refractivity contribution < 1.29 is 13.2 Å². The lowest BCUT2D eigenvalue weighted by molar-refractivity contribution is 0.0950. The second-order valence-electron chi connectivity index (χ2n) is 5.89. The summed E-state index contributed by atoms with van der Waals surface area (Å²) in [5, 5.41) is 7.05. The highest BCUT2D eigenvalue weighted by molar-refractivity contribution is 7.89. The molecular weight excluding hydrogens is 364 g/mol. The number of rotatable bonds is 7. The number of amides is 1. The molecule has 1 heterocycles. The largest absolute Gasteiger partial charge is 0.348 e. The van der Waals surface area contributed by atoms with Crippen LogP contribution in [-0.4, -0.2) is 31.2 Å². The monoisotopic (exact) mass is 384 g/mol. The Morgan fingerprint density at radius 3 is 2.56 bits per heavy atom. The number of nitrogens with one attached hydrogen (secondary N) is 2. The Labute approximate surface area is 158 Å². The number of benzene rings is 2. The predicted molar refractivity (Wildman–Crippen MR) is 102 cm³/mol. The molecule has 0 aliphatic carbocycles. The molecule has 0 bridgehead atoms. The molecule has 3 rings (SSSR count). The maximum Gasteiger partial charge on any atom is 0.251 e. The number of carbonyl (C=O) groups is 1. The zero-order valence-corrected chi connectivity index (χ0v) is 15.6. The first-order valence-electron chi connectivity index (χ1n) is 8.35. The van der Waals surface area contributed by atoms with Crippen molar-refractivity contribution in [1.82, 2.24) is 19.8 Å². The molecule has 2 aromatic carbocycles. The van der Waals surface area contributed by atoms with Crippen molar-refractivity contribution in [2.24, 2.45) is 0 Å². The standard InChI is InChI=1S/C19H20N4O3S/c1-20-27(25,26)18-9-4-8-15(12-18)19(24)21-13-16-6-2-3-7-17(16)14-23-11-5-10-22-23/h2-12,20H,13-14H2,1H3,(H,21,24). The van der Waals surface area contributed by atoms with Crippen LogP contribution in [0.2, 0.25) is 0 Å². The van der Waals surface area contributed by atoms with Gasteiger partial charge in [0.15, 0.2) is 0 Å². The van der Waals surface area contributed by atoms with Crippen molar-refractivity contribution in [3.8, 4) is 0 Å². The summed E-state index contributed by atoms with van der Waals surface area (Å²) in [6, 6.07) is 15.6. The van der Waals surface area contributed by atoms with E-state index in [1.165, 1.54) is 19.2 Å². The molecule has 0 aliphatic rings. The lowest BCUT2D eigenvalue weighted by Crippen LogP contribution is -2.24. The van der Waals surface area contributed by atoms with Crippen LogP contribution < -0.4 is 10.0 Å².